The van der Waals surface area contributed by atoms with Crippen molar-refractivity contribution in [2.75, 3.05) is 24.7 Å². The number of nitrogens with one attached hydrogen (secondary N) is 1. The minimum Gasteiger partial charge on any atom is -0.298 e. The Hall–Kier alpha value is -1.94. The summed E-state index contributed by atoms with van der Waals surface area (Å²) in [5, 5.41) is 3.33. The number of nitrogens with zero attached hydrogens (tertiary/aromatic N) is 2. The van der Waals surface area contributed by atoms with Gasteiger partial charge in [-0.15, -0.1) is 11.8 Å². The molecule has 1 fully saturated rings. The first-order valence-electron chi connectivity index (χ1n) is 9.33. The van der Waals surface area contributed by atoms with Crippen LogP contribution in [-0.2, 0) is 10.0 Å². The van der Waals surface area contributed by atoms with Gasteiger partial charge in [-0.2, -0.15) is 4.31 Å². The number of benzene rings is 2. The Morgan fingerprint density at radius 3 is 2.52 bits per heavy atom. The third-order valence-corrected chi connectivity index (χ3v) is 8.46. The first-order chi connectivity index (χ1) is 14.0. The molecule has 0 atom stereocenters. The van der Waals surface area contributed by atoms with E-state index in [0.29, 0.717) is 23.8 Å². The molecule has 2 heterocycles. The van der Waals surface area contributed by atoms with Gasteiger partial charge in [0.05, 0.1) is 15.1 Å². The van der Waals surface area contributed by atoms with Crippen LogP contribution in [0.4, 0.5) is 5.13 Å². The number of carbonyl (C=O) groups excluding carboxylic acids is 1. The number of aromatic nitrogens is 1. The summed E-state index contributed by atoms with van der Waals surface area (Å²) in [6.45, 7) is 1.11. The monoisotopic (exact) mass is 447 g/mol. The van der Waals surface area contributed by atoms with E-state index in [4.69, 9.17) is 0 Å². The number of sulfonamides is 1. The molecule has 1 saturated heterocycles. The fourth-order valence-corrected chi connectivity index (χ4v) is 6.22. The van der Waals surface area contributed by atoms with E-state index in [1.165, 1.54) is 27.8 Å². The second kappa shape index (κ2) is 8.43. The van der Waals surface area contributed by atoms with Gasteiger partial charge in [0, 0.05) is 23.5 Å². The Labute approximate surface area is 178 Å². The fourth-order valence-electron chi connectivity index (χ4n) is 3.29. The molecular formula is C20H21N3O3S3. The average molecular weight is 448 g/mol. The molecule has 9 heteroatoms. The maximum atomic E-state index is 12.7. The van der Waals surface area contributed by atoms with E-state index in [9.17, 15) is 13.2 Å². The number of rotatable bonds is 5. The van der Waals surface area contributed by atoms with Crippen LogP contribution in [0.15, 0.2) is 52.3 Å². The van der Waals surface area contributed by atoms with Crippen LogP contribution < -0.4 is 5.32 Å². The van der Waals surface area contributed by atoms with Crippen LogP contribution in [-0.4, -0.2) is 43.0 Å². The Kier molecular flexibility index (Phi) is 5.91. The molecule has 29 heavy (non-hydrogen) atoms. The number of hydrogen-bond donors (Lipinski definition) is 1. The van der Waals surface area contributed by atoms with Gasteiger partial charge in [0.1, 0.15) is 0 Å². The molecule has 0 radical (unpaired) electrons. The molecule has 0 bridgehead atoms. The van der Waals surface area contributed by atoms with Crippen LogP contribution in [0.3, 0.4) is 0 Å². The summed E-state index contributed by atoms with van der Waals surface area (Å²) in [7, 11) is -3.50. The van der Waals surface area contributed by atoms with Gasteiger partial charge in [0.2, 0.25) is 10.0 Å². The minimum atomic E-state index is -3.50. The Morgan fingerprint density at radius 1 is 1.10 bits per heavy atom. The molecule has 2 aromatic carbocycles. The highest BCUT2D eigenvalue weighted by Crippen LogP contribution is 2.29. The van der Waals surface area contributed by atoms with Crippen LogP contribution in [0.25, 0.3) is 10.2 Å². The first kappa shape index (κ1) is 20.3. The molecule has 3 aromatic rings. The zero-order chi connectivity index (χ0) is 20.4. The van der Waals surface area contributed by atoms with Gasteiger partial charge in [-0.25, -0.2) is 13.4 Å². The molecule has 0 aliphatic carbocycles. The van der Waals surface area contributed by atoms with E-state index in [2.05, 4.69) is 10.3 Å². The third kappa shape index (κ3) is 4.32. The van der Waals surface area contributed by atoms with E-state index in [1.807, 2.05) is 24.5 Å². The number of fused-ring (bicyclic) bond motifs is 1. The quantitative estimate of drug-likeness (QED) is 0.585. The van der Waals surface area contributed by atoms with Gasteiger partial charge in [0.25, 0.3) is 5.91 Å². The van der Waals surface area contributed by atoms with E-state index in [0.717, 1.165) is 34.4 Å². The highest BCUT2D eigenvalue weighted by molar-refractivity contribution is 7.98. The summed E-state index contributed by atoms with van der Waals surface area (Å²) in [6.07, 6.45) is 4.86. The van der Waals surface area contributed by atoms with E-state index < -0.39 is 10.0 Å². The molecule has 4 rings (SSSR count). The summed E-state index contributed by atoms with van der Waals surface area (Å²) in [5.41, 5.74) is 1.23. The minimum absolute atomic E-state index is 0.223. The maximum Gasteiger partial charge on any atom is 0.257 e. The molecule has 1 aliphatic rings. The fraction of sp³-hybridized carbons (Fsp3) is 0.300. The highest BCUT2D eigenvalue weighted by atomic mass is 32.2. The zero-order valence-electron chi connectivity index (χ0n) is 15.9. The van der Waals surface area contributed by atoms with Crippen LogP contribution in [0.5, 0.6) is 0 Å². The van der Waals surface area contributed by atoms with Crippen molar-refractivity contribution in [2.24, 2.45) is 0 Å². The van der Waals surface area contributed by atoms with E-state index in [-0.39, 0.29) is 10.8 Å². The summed E-state index contributed by atoms with van der Waals surface area (Å²) in [6, 6.07) is 12.1. The van der Waals surface area contributed by atoms with Gasteiger partial charge in [-0.1, -0.05) is 17.8 Å². The van der Waals surface area contributed by atoms with Gasteiger partial charge in [-0.3, -0.25) is 10.1 Å². The van der Waals surface area contributed by atoms with Crippen molar-refractivity contribution >= 4 is 54.4 Å². The SMILES string of the molecule is CSc1ccc2nc(NC(=O)c3ccc(S(=O)(=O)N4CCCCC4)cc3)sc2c1. The largest absolute Gasteiger partial charge is 0.298 e. The van der Waals surface area contributed by atoms with Crippen LogP contribution in [0.2, 0.25) is 0 Å². The molecule has 1 N–H and O–H groups in total. The molecule has 1 aromatic heterocycles. The maximum absolute atomic E-state index is 12.7. The highest BCUT2D eigenvalue weighted by Gasteiger charge is 2.26. The third-order valence-electron chi connectivity index (χ3n) is 4.89. The van der Waals surface area contributed by atoms with Crippen LogP contribution in [0, 0.1) is 0 Å². The van der Waals surface area contributed by atoms with Crippen molar-refractivity contribution < 1.29 is 13.2 Å². The summed E-state index contributed by atoms with van der Waals surface area (Å²) >= 11 is 3.07. The number of carbonyl (C=O) groups is 1. The lowest BCUT2D eigenvalue weighted by molar-refractivity contribution is 0.102. The smallest absolute Gasteiger partial charge is 0.257 e. The lowest BCUT2D eigenvalue weighted by Crippen LogP contribution is -2.35. The Balaban J connectivity index is 1.49. The summed E-state index contributed by atoms with van der Waals surface area (Å²) < 4.78 is 28.0. The van der Waals surface area contributed by atoms with Gasteiger partial charge in [-0.05, 0) is 61.6 Å². The summed E-state index contributed by atoms with van der Waals surface area (Å²) in [4.78, 5) is 18.4. The number of thioether (sulfide) groups is 1. The number of amides is 1. The van der Waals surface area contributed by atoms with Gasteiger partial charge in [0.15, 0.2) is 5.13 Å². The van der Waals surface area contributed by atoms with E-state index >= 15 is 0 Å². The van der Waals surface area contributed by atoms with Gasteiger partial charge >= 0.3 is 0 Å². The normalized spacial score (nSPS) is 15.5. The van der Waals surface area contributed by atoms with Crippen LogP contribution >= 0.6 is 23.1 Å². The standard InChI is InChI=1S/C20H21N3O3S3/c1-27-15-7-10-17-18(13-15)28-20(21-17)22-19(24)14-5-8-16(9-6-14)29(25,26)23-11-3-2-4-12-23/h5-10,13H,2-4,11-12H2,1H3,(H,21,22,24). The number of hydrogen-bond acceptors (Lipinski definition) is 6. The lowest BCUT2D eigenvalue weighted by Gasteiger charge is -2.25. The van der Waals surface area contributed by atoms with Crippen molar-refractivity contribution in [3.8, 4) is 0 Å². The molecule has 152 valence electrons. The Morgan fingerprint density at radius 2 is 1.83 bits per heavy atom. The van der Waals surface area contributed by atoms with Crippen molar-refractivity contribution in [3.05, 3.63) is 48.0 Å². The average Bonchev–Trinajstić information content (AvgIpc) is 3.15. The second-order valence-electron chi connectivity index (χ2n) is 6.80. The predicted octanol–water partition coefficient (Wildman–Crippen LogP) is 4.45. The van der Waals surface area contributed by atoms with Crippen molar-refractivity contribution in [2.45, 2.75) is 29.1 Å². The second-order valence-corrected chi connectivity index (χ2v) is 10.6. The van der Waals surface area contributed by atoms with Crippen molar-refractivity contribution in [1.82, 2.24) is 9.29 Å². The van der Waals surface area contributed by atoms with Crippen molar-refractivity contribution in [3.63, 3.8) is 0 Å². The molecule has 0 spiro atoms. The first-order valence-corrected chi connectivity index (χ1v) is 12.8. The Bertz CT molecular complexity index is 1130. The zero-order valence-corrected chi connectivity index (χ0v) is 18.4. The van der Waals surface area contributed by atoms with Gasteiger partial charge < -0.3 is 0 Å². The number of piperidine rings is 1. The number of thiazole rings is 1. The molecule has 0 saturated carbocycles. The number of anilines is 1. The topological polar surface area (TPSA) is 79.4 Å². The molecular weight excluding hydrogens is 426 g/mol. The summed E-state index contributed by atoms with van der Waals surface area (Å²) in [5.74, 6) is -0.309. The molecule has 6 nitrogen and oxygen atoms in total. The van der Waals surface area contributed by atoms with E-state index in [1.54, 1.807) is 23.9 Å². The van der Waals surface area contributed by atoms with Crippen LogP contribution in [0.1, 0.15) is 29.6 Å². The molecule has 1 amide bonds. The molecule has 0 unspecified atom stereocenters. The van der Waals surface area contributed by atoms with Crippen molar-refractivity contribution in [1.29, 1.82) is 0 Å². The lowest BCUT2D eigenvalue weighted by atomic mass is 10.2. The molecule has 1 aliphatic heterocycles. The predicted molar refractivity (Wildman–Crippen MR) is 118 cm³/mol.